The van der Waals surface area contributed by atoms with Crippen LogP contribution in [0.3, 0.4) is 0 Å². The minimum absolute atomic E-state index is 0.0265. The summed E-state index contributed by atoms with van der Waals surface area (Å²) in [5.41, 5.74) is 1.87. The Morgan fingerprint density at radius 1 is 1.19 bits per heavy atom. The second-order valence-electron chi connectivity index (χ2n) is 8.75. The fourth-order valence-electron chi connectivity index (χ4n) is 3.45. The van der Waals surface area contributed by atoms with E-state index in [-0.39, 0.29) is 11.8 Å². The van der Waals surface area contributed by atoms with Crippen molar-refractivity contribution in [3.8, 4) is 5.75 Å². The predicted molar refractivity (Wildman–Crippen MR) is 124 cm³/mol. The molecule has 0 spiro atoms. The molecule has 7 heteroatoms. The second-order valence-corrected chi connectivity index (χ2v) is 9.81. The highest BCUT2D eigenvalue weighted by molar-refractivity contribution is 8.14. The average molecular weight is 445 g/mol. The zero-order chi connectivity index (χ0) is 22.5. The Labute approximate surface area is 189 Å². The molecule has 2 heterocycles. The number of thioether (sulfide) groups is 1. The van der Waals surface area contributed by atoms with E-state index in [4.69, 9.17) is 9.47 Å². The van der Waals surface area contributed by atoms with Gasteiger partial charge in [0.1, 0.15) is 5.75 Å². The number of ether oxygens (including phenoxy) is 2. The van der Waals surface area contributed by atoms with E-state index in [9.17, 15) is 9.59 Å². The van der Waals surface area contributed by atoms with E-state index in [0.717, 1.165) is 17.7 Å². The Balaban J connectivity index is 1.92. The highest BCUT2D eigenvalue weighted by atomic mass is 32.2. The maximum Gasteiger partial charge on any atom is 0.338 e. The summed E-state index contributed by atoms with van der Waals surface area (Å²) in [5, 5.41) is 0.649. The van der Waals surface area contributed by atoms with Gasteiger partial charge in [0, 0.05) is 12.2 Å². The van der Waals surface area contributed by atoms with E-state index in [1.165, 1.54) is 0 Å². The normalized spacial score (nSPS) is 18.9. The summed E-state index contributed by atoms with van der Waals surface area (Å²) in [4.78, 5) is 32.1. The number of carbonyl (C=O) groups excluding carboxylic acids is 2. The first-order valence-corrected chi connectivity index (χ1v) is 11.9. The van der Waals surface area contributed by atoms with Gasteiger partial charge in [-0.15, -0.1) is 0 Å². The van der Waals surface area contributed by atoms with Gasteiger partial charge in [-0.3, -0.25) is 9.69 Å². The van der Waals surface area contributed by atoms with Gasteiger partial charge >= 0.3 is 5.97 Å². The lowest BCUT2D eigenvalue weighted by Gasteiger charge is -2.39. The highest BCUT2D eigenvalue weighted by Crippen LogP contribution is 2.40. The number of carbonyl (C=O) groups is 2. The van der Waals surface area contributed by atoms with Crippen LogP contribution in [-0.4, -0.2) is 40.9 Å². The number of fused-ring (bicyclic) bond motifs is 1. The third-order valence-electron chi connectivity index (χ3n) is 5.13. The minimum atomic E-state index is -0.544. The smallest absolute Gasteiger partial charge is 0.338 e. The lowest BCUT2D eigenvalue weighted by Crippen LogP contribution is -2.45. The number of allylic oxidation sites excluding steroid dienone is 1. The van der Waals surface area contributed by atoms with E-state index in [2.05, 4.69) is 18.8 Å². The molecular weight excluding hydrogens is 412 g/mol. The fourth-order valence-corrected chi connectivity index (χ4v) is 4.46. The number of aliphatic imine (C=N–C) groups is 1. The van der Waals surface area contributed by atoms with Gasteiger partial charge in [-0.25, -0.2) is 9.79 Å². The van der Waals surface area contributed by atoms with Gasteiger partial charge < -0.3 is 9.47 Å². The van der Waals surface area contributed by atoms with Crippen molar-refractivity contribution >= 4 is 28.8 Å². The van der Waals surface area contributed by atoms with Crippen LogP contribution >= 0.6 is 11.8 Å². The van der Waals surface area contributed by atoms with Crippen LogP contribution < -0.4 is 4.74 Å². The molecule has 0 radical (unpaired) electrons. The van der Waals surface area contributed by atoms with Crippen LogP contribution in [0.5, 0.6) is 5.75 Å². The maximum absolute atomic E-state index is 13.0. The van der Waals surface area contributed by atoms with Gasteiger partial charge in [-0.2, -0.15) is 0 Å². The van der Waals surface area contributed by atoms with E-state index >= 15 is 0 Å². The predicted octanol–water partition coefficient (Wildman–Crippen LogP) is 4.96. The molecule has 31 heavy (non-hydrogen) atoms. The largest absolute Gasteiger partial charge is 0.494 e. The first-order chi connectivity index (χ1) is 14.8. The van der Waals surface area contributed by atoms with Crippen molar-refractivity contribution < 1.29 is 19.1 Å². The Morgan fingerprint density at radius 2 is 1.90 bits per heavy atom. The van der Waals surface area contributed by atoms with Crippen molar-refractivity contribution in [2.75, 3.05) is 19.0 Å². The molecule has 1 fully saturated rings. The summed E-state index contributed by atoms with van der Waals surface area (Å²) in [6, 6.07) is 7.10. The van der Waals surface area contributed by atoms with Gasteiger partial charge in [-0.05, 0) is 42.9 Å². The quantitative estimate of drug-likeness (QED) is 0.530. The first kappa shape index (κ1) is 23.4. The zero-order valence-corrected chi connectivity index (χ0v) is 19.8. The molecule has 1 aromatic carbocycles. The molecule has 3 rings (SSSR count). The molecule has 0 bridgehead atoms. The third kappa shape index (κ3) is 5.70. The summed E-state index contributed by atoms with van der Waals surface area (Å²) in [7, 11) is 0. The van der Waals surface area contributed by atoms with Crippen molar-refractivity contribution in [1.29, 1.82) is 0 Å². The molecule has 6 nitrogen and oxygen atoms in total. The van der Waals surface area contributed by atoms with Crippen LogP contribution in [-0.2, 0) is 14.3 Å². The van der Waals surface area contributed by atoms with Crippen LogP contribution in [0.1, 0.15) is 59.1 Å². The number of amidine groups is 1. The van der Waals surface area contributed by atoms with E-state index in [1.807, 2.05) is 45.0 Å². The van der Waals surface area contributed by atoms with Gasteiger partial charge in [0.05, 0.1) is 30.5 Å². The van der Waals surface area contributed by atoms with E-state index in [1.54, 1.807) is 16.7 Å². The third-order valence-corrected chi connectivity index (χ3v) is 6.09. The van der Waals surface area contributed by atoms with Crippen LogP contribution in [0.2, 0.25) is 0 Å². The summed E-state index contributed by atoms with van der Waals surface area (Å²) in [6.45, 7) is 11.1. The molecule has 2 aliphatic rings. The number of hydrogen-bond donors (Lipinski definition) is 0. The van der Waals surface area contributed by atoms with Crippen LogP contribution in [0.4, 0.5) is 0 Å². The van der Waals surface area contributed by atoms with Gasteiger partial charge in [-0.1, -0.05) is 51.6 Å². The Morgan fingerprint density at radius 3 is 2.55 bits per heavy atom. The lowest BCUT2D eigenvalue weighted by atomic mass is 9.94. The Bertz CT molecular complexity index is 874. The fraction of sp³-hybridized carbons (Fsp3) is 0.542. The Hall–Kier alpha value is -2.28. The summed E-state index contributed by atoms with van der Waals surface area (Å²) >= 11 is 1.55. The molecular formula is C24H32N2O4S. The number of hydrogen-bond acceptors (Lipinski definition) is 6. The molecule has 0 aliphatic carbocycles. The summed E-state index contributed by atoms with van der Waals surface area (Å²) in [5.74, 6) is 1.83. The number of benzene rings is 1. The van der Waals surface area contributed by atoms with Crippen molar-refractivity contribution in [1.82, 2.24) is 4.90 Å². The van der Waals surface area contributed by atoms with Crippen LogP contribution in [0.25, 0.3) is 0 Å². The van der Waals surface area contributed by atoms with Gasteiger partial charge in [0.2, 0.25) is 5.91 Å². The Kier molecular flexibility index (Phi) is 7.81. The van der Waals surface area contributed by atoms with Crippen molar-refractivity contribution in [3.63, 3.8) is 0 Å². The molecule has 168 valence electrons. The standard InChI is InChI=1S/C24H32N2O4S/c1-15(2)10-12-29-19-8-6-18(7-9-19)22-21(23(28)30-14-16(3)4)17(5)25-24-26(22)20(27)11-13-31-24/h6-9,15-16,22H,10-14H2,1-5H3/t22-/m0/s1. The van der Waals surface area contributed by atoms with Crippen molar-refractivity contribution in [2.45, 2.75) is 53.5 Å². The monoisotopic (exact) mass is 444 g/mol. The average Bonchev–Trinajstić information content (AvgIpc) is 2.71. The molecule has 1 atom stereocenters. The molecule has 1 aromatic rings. The molecule has 1 saturated heterocycles. The zero-order valence-electron chi connectivity index (χ0n) is 19.0. The number of nitrogens with zero attached hydrogens (tertiary/aromatic N) is 2. The van der Waals surface area contributed by atoms with E-state index in [0.29, 0.717) is 47.7 Å². The molecule has 2 aliphatic heterocycles. The SMILES string of the molecule is CC1=C(C(=O)OCC(C)C)[C@H](c2ccc(OCCC(C)C)cc2)N2C(=O)CCSC2=N1. The summed E-state index contributed by atoms with van der Waals surface area (Å²) < 4.78 is 11.4. The van der Waals surface area contributed by atoms with E-state index < -0.39 is 12.0 Å². The number of esters is 1. The number of rotatable bonds is 8. The molecule has 0 aromatic heterocycles. The highest BCUT2D eigenvalue weighted by Gasteiger charge is 2.41. The van der Waals surface area contributed by atoms with Crippen LogP contribution in [0, 0.1) is 11.8 Å². The molecule has 1 amide bonds. The van der Waals surface area contributed by atoms with Crippen molar-refractivity contribution in [2.24, 2.45) is 16.8 Å². The van der Waals surface area contributed by atoms with Gasteiger partial charge in [0.15, 0.2) is 5.17 Å². The van der Waals surface area contributed by atoms with Gasteiger partial charge in [0.25, 0.3) is 0 Å². The molecule has 0 N–H and O–H groups in total. The topological polar surface area (TPSA) is 68.2 Å². The second kappa shape index (κ2) is 10.4. The molecule has 0 unspecified atom stereocenters. The molecule has 0 saturated carbocycles. The summed E-state index contributed by atoms with van der Waals surface area (Å²) in [6.07, 6.45) is 1.40. The lowest BCUT2D eigenvalue weighted by molar-refractivity contribution is -0.141. The minimum Gasteiger partial charge on any atom is -0.494 e. The maximum atomic E-state index is 13.0. The van der Waals surface area contributed by atoms with Crippen molar-refractivity contribution in [3.05, 3.63) is 41.1 Å². The number of amides is 1. The first-order valence-electron chi connectivity index (χ1n) is 10.9. The van der Waals surface area contributed by atoms with Crippen LogP contribution in [0.15, 0.2) is 40.5 Å².